The summed E-state index contributed by atoms with van der Waals surface area (Å²) < 4.78 is 5.36. The first-order valence-corrected chi connectivity index (χ1v) is 7.60. The van der Waals surface area contributed by atoms with Crippen LogP contribution in [0.4, 0.5) is 0 Å². The van der Waals surface area contributed by atoms with Gasteiger partial charge in [-0.15, -0.1) is 0 Å². The van der Waals surface area contributed by atoms with Crippen LogP contribution in [0.3, 0.4) is 0 Å². The number of nitrogens with zero attached hydrogens (tertiary/aromatic N) is 2. The van der Waals surface area contributed by atoms with E-state index in [1.54, 1.807) is 11.8 Å². The van der Waals surface area contributed by atoms with E-state index in [0.717, 1.165) is 43.0 Å². The van der Waals surface area contributed by atoms with Gasteiger partial charge in [-0.1, -0.05) is 37.8 Å². The Morgan fingerprint density at radius 2 is 2.00 bits per heavy atom. The summed E-state index contributed by atoms with van der Waals surface area (Å²) in [5.41, 5.74) is 6.04. The molecule has 0 amide bonds. The van der Waals surface area contributed by atoms with Crippen LogP contribution in [0.2, 0.25) is 0 Å². The van der Waals surface area contributed by atoms with Gasteiger partial charge in [0.1, 0.15) is 0 Å². The second-order valence-electron chi connectivity index (χ2n) is 4.72. The quantitative estimate of drug-likeness (QED) is 0.838. The number of rotatable bonds is 4. The molecule has 0 spiro atoms. The summed E-state index contributed by atoms with van der Waals surface area (Å²) in [6, 6.07) is 0. The first-order valence-electron chi connectivity index (χ1n) is 6.44. The number of thioether (sulfide) groups is 1. The average Bonchev–Trinajstić information content (AvgIpc) is 2.70. The molecule has 0 radical (unpaired) electrons. The third kappa shape index (κ3) is 3.22. The Kier molecular flexibility index (Phi) is 4.45. The number of nitrogens with two attached hydrogens (primary N) is 1. The molecule has 17 heavy (non-hydrogen) atoms. The van der Waals surface area contributed by atoms with Crippen molar-refractivity contribution < 1.29 is 4.52 Å². The van der Waals surface area contributed by atoms with E-state index in [9.17, 15) is 0 Å². The Bertz CT molecular complexity index is 345. The summed E-state index contributed by atoms with van der Waals surface area (Å²) in [4.78, 5) is 4.46. The van der Waals surface area contributed by atoms with Crippen LogP contribution in [-0.4, -0.2) is 15.9 Å². The van der Waals surface area contributed by atoms with Crippen molar-refractivity contribution in [3.8, 4) is 0 Å². The first kappa shape index (κ1) is 12.9. The molecule has 1 fully saturated rings. The fourth-order valence-electron chi connectivity index (χ4n) is 2.28. The lowest BCUT2D eigenvalue weighted by molar-refractivity contribution is 0.256. The van der Waals surface area contributed by atoms with Gasteiger partial charge in [0.2, 0.25) is 5.89 Å². The molecule has 2 N–H and O–H groups in total. The number of hydrogen-bond donors (Lipinski definition) is 1. The molecule has 1 aromatic rings. The van der Waals surface area contributed by atoms with Crippen LogP contribution in [0.1, 0.15) is 57.2 Å². The molecule has 1 saturated carbocycles. The molecule has 0 saturated heterocycles. The van der Waals surface area contributed by atoms with Crippen LogP contribution in [-0.2, 0) is 11.3 Å². The maximum absolute atomic E-state index is 6.42. The van der Waals surface area contributed by atoms with Gasteiger partial charge >= 0.3 is 0 Å². The van der Waals surface area contributed by atoms with Gasteiger partial charge in [-0.25, -0.2) is 0 Å². The van der Waals surface area contributed by atoms with Gasteiger partial charge in [-0.05, 0) is 18.6 Å². The largest absolute Gasteiger partial charge is 0.337 e. The summed E-state index contributed by atoms with van der Waals surface area (Å²) in [7, 11) is 0. The first-order chi connectivity index (χ1) is 8.24. The van der Waals surface area contributed by atoms with E-state index in [0.29, 0.717) is 5.89 Å². The van der Waals surface area contributed by atoms with Crippen molar-refractivity contribution >= 4 is 11.8 Å². The molecule has 4 nitrogen and oxygen atoms in total. The molecule has 1 aliphatic carbocycles. The fraction of sp³-hybridized carbons (Fsp3) is 0.833. The highest BCUT2D eigenvalue weighted by atomic mass is 32.2. The number of aromatic nitrogens is 2. The zero-order valence-corrected chi connectivity index (χ0v) is 11.3. The highest BCUT2D eigenvalue weighted by molar-refractivity contribution is 7.98. The Morgan fingerprint density at radius 3 is 2.65 bits per heavy atom. The third-order valence-electron chi connectivity index (χ3n) is 3.33. The second kappa shape index (κ2) is 5.87. The molecule has 1 aliphatic rings. The van der Waals surface area contributed by atoms with E-state index in [1.165, 1.54) is 12.8 Å². The summed E-state index contributed by atoms with van der Waals surface area (Å²) in [5.74, 6) is 3.31. The predicted molar refractivity (Wildman–Crippen MR) is 69.7 cm³/mol. The van der Waals surface area contributed by atoms with Gasteiger partial charge in [-0.2, -0.15) is 16.7 Å². The van der Waals surface area contributed by atoms with Crippen molar-refractivity contribution in [3.05, 3.63) is 11.7 Å². The molecule has 0 unspecified atom stereocenters. The minimum Gasteiger partial charge on any atom is -0.337 e. The molecule has 1 heterocycles. The Hall–Kier alpha value is -0.550. The second-order valence-corrected chi connectivity index (χ2v) is 6.00. The summed E-state index contributed by atoms with van der Waals surface area (Å²) in [6.45, 7) is 2.13. The van der Waals surface area contributed by atoms with E-state index in [4.69, 9.17) is 10.3 Å². The van der Waals surface area contributed by atoms with Gasteiger partial charge in [0.25, 0.3) is 0 Å². The summed E-state index contributed by atoms with van der Waals surface area (Å²) >= 11 is 1.80. The lowest BCUT2D eigenvalue weighted by atomic mass is 9.91. The molecule has 2 rings (SSSR count). The average molecular weight is 255 g/mol. The maximum atomic E-state index is 6.42. The lowest BCUT2D eigenvalue weighted by Gasteiger charge is -2.22. The van der Waals surface area contributed by atoms with Crippen LogP contribution in [0, 0.1) is 0 Å². The molecule has 0 aliphatic heterocycles. The van der Waals surface area contributed by atoms with Crippen molar-refractivity contribution in [2.75, 3.05) is 5.75 Å². The van der Waals surface area contributed by atoms with Crippen molar-refractivity contribution in [2.24, 2.45) is 5.73 Å². The van der Waals surface area contributed by atoms with Crippen LogP contribution in [0.25, 0.3) is 0 Å². The SMILES string of the molecule is CCSCc1noc(C2(N)CCCCCC2)n1. The lowest BCUT2D eigenvalue weighted by Crippen LogP contribution is -2.36. The van der Waals surface area contributed by atoms with Crippen molar-refractivity contribution in [3.63, 3.8) is 0 Å². The minimum atomic E-state index is -0.376. The normalized spacial score (nSPS) is 20.1. The van der Waals surface area contributed by atoms with Crippen LogP contribution in [0.5, 0.6) is 0 Å². The Labute approximate surface area is 107 Å². The van der Waals surface area contributed by atoms with E-state index in [1.807, 2.05) is 0 Å². The summed E-state index contributed by atoms with van der Waals surface area (Å²) in [5, 5.41) is 4.02. The molecule has 96 valence electrons. The third-order valence-corrected chi connectivity index (χ3v) is 4.20. The Morgan fingerprint density at radius 1 is 1.29 bits per heavy atom. The maximum Gasteiger partial charge on any atom is 0.246 e. The van der Waals surface area contributed by atoms with Gasteiger partial charge in [0, 0.05) is 0 Å². The number of hydrogen-bond acceptors (Lipinski definition) is 5. The van der Waals surface area contributed by atoms with Crippen LogP contribution >= 0.6 is 11.8 Å². The summed E-state index contributed by atoms with van der Waals surface area (Å²) in [6.07, 6.45) is 6.80. The Balaban J connectivity index is 2.06. The highest BCUT2D eigenvalue weighted by Crippen LogP contribution is 2.32. The van der Waals surface area contributed by atoms with Gasteiger partial charge in [0.05, 0.1) is 11.3 Å². The van der Waals surface area contributed by atoms with E-state index in [2.05, 4.69) is 17.1 Å². The highest BCUT2D eigenvalue weighted by Gasteiger charge is 2.34. The molecule has 1 aromatic heterocycles. The van der Waals surface area contributed by atoms with Crippen molar-refractivity contribution in [1.82, 2.24) is 10.1 Å². The van der Waals surface area contributed by atoms with Gasteiger partial charge in [-0.3, -0.25) is 0 Å². The van der Waals surface area contributed by atoms with Gasteiger partial charge in [0.15, 0.2) is 5.82 Å². The van der Waals surface area contributed by atoms with E-state index < -0.39 is 0 Å². The van der Waals surface area contributed by atoms with Gasteiger partial charge < -0.3 is 10.3 Å². The molecular formula is C12H21N3OS. The molecule has 0 atom stereocenters. The molecule has 5 heteroatoms. The molecule has 0 aromatic carbocycles. The monoisotopic (exact) mass is 255 g/mol. The van der Waals surface area contributed by atoms with E-state index >= 15 is 0 Å². The minimum absolute atomic E-state index is 0.376. The fourth-order valence-corrected chi connectivity index (χ4v) is 2.79. The van der Waals surface area contributed by atoms with Crippen molar-refractivity contribution in [1.29, 1.82) is 0 Å². The van der Waals surface area contributed by atoms with Crippen LogP contribution in [0.15, 0.2) is 4.52 Å². The smallest absolute Gasteiger partial charge is 0.246 e. The van der Waals surface area contributed by atoms with E-state index in [-0.39, 0.29) is 5.54 Å². The predicted octanol–water partition coefficient (Wildman–Crippen LogP) is 2.83. The topological polar surface area (TPSA) is 64.9 Å². The van der Waals surface area contributed by atoms with Crippen molar-refractivity contribution in [2.45, 2.75) is 56.7 Å². The molecular weight excluding hydrogens is 234 g/mol. The molecule has 0 bridgehead atoms. The van der Waals surface area contributed by atoms with Crippen LogP contribution < -0.4 is 5.73 Å². The standard InChI is InChI=1S/C12H21N3OS/c1-2-17-9-10-14-11(16-15-10)12(13)7-5-3-4-6-8-12/h2-9,13H2,1H3. The zero-order valence-electron chi connectivity index (χ0n) is 10.4. The zero-order chi connectivity index (χ0) is 12.1.